The summed E-state index contributed by atoms with van der Waals surface area (Å²) in [5, 5.41) is 9.89. The predicted molar refractivity (Wildman–Crippen MR) is 94.0 cm³/mol. The van der Waals surface area contributed by atoms with E-state index < -0.39 is 23.0 Å². The number of hydrogen-bond donors (Lipinski definition) is 1. The summed E-state index contributed by atoms with van der Waals surface area (Å²) in [6.07, 6.45) is 3.43. The highest BCUT2D eigenvalue weighted by molar-refractivity contribution is 5.83. The second-order valence-corrected chi connectivity index (χ2v) is 8.34. The molecule has 4 rings (SSSR count). The minimum atomic E-state index is -0.945. The molecule has 2 heterocycles. The van der Waals surface area contributed by atoms with Gasteiger partial charge in [-0.2, -0.15) is 0 Å². The zero-order chi connectivity index (χ0) is 19.2. The summed E-state index contributed by atoms with van der Waals surface area (Å²) in [4.78, 5) is 28.4. The average molecular weight is 378 g/mol. The lowest BCUT2D eigenvalue weighted by molar-refractivity contribution is -0.149. The van der Waals surface area contributed by atoms with Crippen LogP contribution in [0.1, 0.15) is 24.8 Å². The Balaban J connectivity index is 1.44. The second kappa shape index (κ2) is 6.86. The van der Waals surface area contributed by atoms with Gasteiger partial charge in [-0.15, -0.1) is 0 Å². The first kappa shape index (κ1) is 18.3. The smallest absolute Gasteiger partial charge is 0.313 e. The molecular weight excluding hydrogens is 354 g/mol. The van der Waals surface area contributed by atoms with E-state index in [-0.39, 0.29) is 30.4 Å². The fraction of sp³-hybridized carbons (Fsp3) is 0.600. The minimum absolute atomic E-state index is 0.00745. The molecule has 3 aliphatic rings. The molecule has 1 aromatic carbocycles. The van der Waals surface area contributed by atoms with E-state index in [0.717, 1.165) is 24.7 Å². The number of fused-ring (bicyclic) bond motifs is 1. The van der Waals surface area contributed by atoms with Gasteiger partial charge < -0.3 is 14.9 Å². The molecule has 1 amide bonds. The maximum Gasteiger partial charge on any atom is 0.313 e. The third kappa shape index (κ3) is 3.33. The first-order chi connectivity index (χ1) is 12.9. The fourth-order valence-corrected chi connectivity index (χ4v) is 4.79. The van der Waals surface area contributed by atoms with Crippen molar-refractivity contribution in [1.82, 2.24) is 9.80 Å². The van der Waals surface area contributed by atoms with Gasteiger partial charge in [-0.25, -0.2) is 8.78 Å². The van der Waals surface area contributed by atoms with Gasteiger partial charge in [0.2, 0.25) is 5.91 Å². The first-order valence-corrected chi connectivity index (χ1v) is 9.55. The molecule has 0 radical (unpaired) electrons. The van der Waals surface area contributed by atoms with Gasteiger partial charge in [0.15, 0.2) is 0 Å². The Kier molecular flexibility index (Phi) is 4.66. The minimum Gasteiger partial charge on any atom is -0.481 e. The SMILES string of the molecule is O=C(Cc1cc(F)ccc1F)N1C[C@H]2CN(CC3CCC3)C[C@@]2(C(=O)O)C1. The Morgan fingerprint density at radius 3 is 2.59 bits per heavy atom. The van der Waals surface area contributed by atoms with Crippen LogP contribution in [0.2, 0.25) is 0 Å². The molecular formula is C20H24F2N2O3. The van der Waals surface area contributed by atoms with Crippen LogP contribution < -0.4 is 0 Å². The van der Waals surface area contributed by atoms with Crippen LogP contribution >= 0.6 is 0 Å². The monoisotopic (exact) mass is 378 g/mol. The van der Waals surface area contributed by atoms with Gasteiger partial charge in [0.05, 0.1) is 6.42 Å². The van der Waals surface area contributed by atoms with Crippen LogP contribution in [0.3, 0.4) is 0 Å². The zero-order valence-corrected chi connectivity index (χ0v) is 15.2. The van der Waals surface area contributed by atoms with E-state index in [4.69, 9.17) is 0 Å². The Labute approximate surface area is 156 Å². The standard InChI is InChI=1S/C20H24F2N2O3/c21-16-4-5-17(22)14(6-16)7-18(25)24-10-15-9-23(8-13-2-1-3-13)11-20(15,12-24)19(26)27/h4-6,13,15H,1-3,7-12H2,(H,26,27)/t15-,20-/m1/s1. The predicted octanol–water partition coefficient (Wildman–Crippen LogP) is 2.15. The average Bonchev–Trinajstić information content (AvgIpc) is 3.09. The lowest BCUT2D eigenvalue weighted by Gasteiger charge is -2.31. The molecule has 7 heteroatoms. The highest BCUT2D eigenvalue weighted by Crippen LogP contribution is 2.44. The Morgan fingerprint density at radius 1 is 1.19 bits per heavy atom. The maximum absolute atomic E-state index is 13.8. The summed E-state index contributed by atoms with van der Waals surface area (Å²) in [5.41, 5.74) is -0.937. The molecule has 2 aliphatic heterocycles. The number of nitrogens with zero attached hydrogens (tertiary/aromatic N) is 2. The van der Waals surface area contributed by atoms with Crippen LogP contribution in [0.4, 0.5) is 8.78 Å². The van der Waals surface area contributed by atoms with Crippen molar-refractivity contribution >= 4 is 11.9 Å². The number of carbonyl (C=O) groups excluding carboxylic acids is 1. The quantitative estimate of drug-likeness (QED) is 0.853. The summed E-state index contributed by atoms with van der Waals surface area (Å²) in [6, 6.07) is 3.05. The van der Waals surface area contributed by atoms with Gasteiger partial charge in [0, 0.05) is 44.2 Å². The molecule has 0 spiro atoms. The van der Waals surface area contributed by atoms with Crippen molar-refractivity contribution in [3.63, 3.8) is 0 Å². The highest BCUT2D eigenvalue weighted by Gasteiger charge is 2.58. The number of carboxylic acid groups (broad SMARTS) is 1. The molecule has 2 atom stereocenters. The van der Waals surface area contributed by atoms with Crippen molar-refractivity contribution in [1.29, 1.82) is 0 Å². The Bertz CT molecular complexity index is 768. The number of amides is 1. The Hall–Kier alpha value is -2.02. The lowest BCUT2D eigenvalue weighted by atomic mass is 9.81. The number of rotatable bonds is 5. The van der Waals surface area contributed by atoms with Crippen molar-refractivity contribution in [2.24, 2.45) is 17.3 Å². The molecule has 3 fully saturated rings. The highest BCUT2D eigenvalue weighted by atomic mass is 19.1. The van der Waals surface area contributed by atoms with Crippen molar-refractivity contribution in [3.05, 3.63) is 35.4 Å². The third-order valence-corrected chi connectivity index (χ3v) is 6.55. The number of carboxylic acids is 1. The van der Waals surface area contributed by atoms with Crippen molar-refractivity contribution < 1.29 is 23.5 Å². The third-order valence-electron chi connectivity index (χ3n) is 6.55. The van der Waals surface area contributed by atoms with E-state index in [1.165, 1.54) is 24.2 Å². The molecule has 1 aromatic rings. The largest absolute Gasteiger partial charge is 0.481 e. The molecule has 0 unspecified atom stereocenters. The summed E-state index contributed by atoms with van der Waals surface area (Å²) < 4.78 is 27.2. The van der Waals surface area contributed by atoms with Crippen molar-refractivity contribution in [2.45, 2.75) is 25.7 Å². The molecule has 27 heavy (non-hydrogen) atoms. The van der Waals surface area contributed by atoms with Crippen LogP contribution in [-0.4, -0.2) is 59.5 Å². The summed E-state index contributed by atoms with van der Waals surface area (Å²) in [7, 11) is 0. The van der Waals surface area contributed by atoms with E-state index in [0.29, 0.717) is 25.6 Å². The second-order valence-electron chi connectivity index (χ2n) is 8.34. The van der Waals surface area contributed by atoms with Crippen LogP contribution in [0.15, 0.2) is 18.2 Å². The topological polar surface area (TPSA) is 60.9 Å². The van der Waals surface area contributed by atoms with E-state index in [9.17, 15) is 23.5 Å². The van der Waals surface area contributed by atoms with Gasteiger partial charge in [0.25, 0.3) is 0 Å². The molecule has 0 bridgehead atoms. The number of likely N-dealkylation sites (tertiary alicyclic amines) is 2. The lowest BCUT2D eigenvalue weighted by Crippen LogP contribution is -2.43. The van der Waals surface area contributed by atoms with Crippen LogP contribution in [0.5, 0.6) is 0 Å². The van der Waals surface area contributed by atoms with Crippen molar-refractivity contribution in [2.75, 3.05) is 32.7 Å². The van der Waals surface area contributed by atoms with Crippen molar-refractivity contribution in [3.8, 4) is 0 Å². The van der Waals surface area contributed by atoms with Gasteiger partial charge >= 0.3 is 5.97 Å². The normalized spacial score (nSPS) is 28.2. The zero-order valence-electron chi connectivity index (χ0n) is 15.2. The number of benzene rings is 1. The fourth-order valence-electron chi connectivity index (χ4n) is 4.79. The van der Waals surface area contributed by atoms with Gasteiger partial charge in [-0.3, -0.25) is 9.59 Å². The van der Waals surface area contributed by atoms with Crippen LogP contribution in [-0.2, 0) is 16.0 Å². The Morgan fingerprint density at radius 2 is 1.96 bits per heavy atom. The molecule has 1 N–H and O–H groups in total. The van der Waals surface area contributed by atoms with E-state index >= 15 is 0 Å². The van der Waals surface area contributed by atoms with Gasteiger partial charge in [-0.05, 0) is 37.0 Å². The van der Waals surface area contributed by atoms with Crippen LogP contribution in [0.25, 0.3) is 0 Å². The number of aliphatic carboxylic acids is 1. The summed E-state index contributed by atoms with van der Waals surface area (Å²) >= 11 is 0. The molecule has 5 nitrogen and oxygen atoms in total. The summed E-state index contributed by atoms with van der Waals surface area (Å²) in [6.45, 7) is 2.59. The molecule has 0 aromatic heterocycles. The van der Waals surface area contributed by atoms with Gasteiger partial charge in [0.1, 0.15) is 17.0 Å². The number of carbonyl (C=O) groups is 2. The molecule has 146 valence electrons. The molecule has 1 aliphatic carbocycles. The summed E-state index contributed by atoms with van der Waals surface area (Å²) in [5.74, 6) is -1.87. The molecule has 1 saturated carbocycles. The van der Waals surface area contributed by atoms with E-state index in [2.05, 4.69) is 4.90 Å². The van der Waals surface area contributed by atoms with Gasteiger partial charge in [-0.1, -0.05) is 6.42 Å². The molecule has 2 saturated heterocycles. The maximum atomic E-state index is 13.8. The van der Waals surface area contributed by atoms with Crippen LogP contribution in [0, 0.1) is 28.9 Å². The first-order valence-electron chi connectivity index (χ1n) is 9.55. The van der Waals surface area contributed by atoms with E-state index in [1.54, 1.807) is 0 Å². The number of halogens is 2. The van der Waals surface area contributed by atoms with E-state index in [1.807, 2.05) is 0 Å². The number of hydrogen-bond acceptors (Lipinski definition) is 3.